The Bertz CT molecular complexity index is 795. The number of nitrogens with one attached hydrogen (secondary N) is 1. The van der Waals surface area contributed by atoms with Crippen LogP contribution in [0.4, 0.5) is 0 Å². The van der Waals surface area contributed by atoms with E-state index in [0.29, 0.717) is 28.5 Å². The van der Waals surface area contributed by atoms with E-state index in [4.69, 9.17) is 13.9 Å². The molecule has 0 radical (unpaired) electrons. The zero-order valence-electron chi connectivity index (χ0n) is 11.1. The van der Waals surface area contributed by atoms with E-state index in [2.05, 4.69) is 11.1 Å². The summed E-state index contributed by atoms with van der Waals surface area (Å²) < 4.78 is 15.9. The Hall–Kier alpha value is -2.87. The fraction of sp³-hybridized carbons (Fsp3) is 0.133. The lowest BCUT2D eigenvalue weighted by Gasteiger charge is -2.06. The van der Waals surface area contributed by atoms with Gasteiger partial charge >= 0.3 is 0 Å². The lowest BCUT2D eigenvalue weighted by molar-refractivity contribution is 0.356. The minimum absolute atomic E-state index is 0.524. The molecule has 1 N–H and O–H groups in total. The lowest BCUT2D eigenvalue weighted by Crippen LogP contribution is -1.90. The van der Waals surface area contributed by atoms with Gasteiger partial charge in [0.15, 0.2) is 17.3 Å². The number of nitrogens with zero attached hydrogens (tertiary/aromatic N) is 1. The minimum Gasteiger partial charge on any atom is -0.493 e. The van der Waals surface area contributed by atoms with Gasteiger partial charge in [-0.2, -0.15) is 5.26 Å². The molecule has 3 aromatic rings. The first-order valence-electron chi connectivity index (χ1n) is 6.00. The van der Waals surface area contributed by atoms with E-state index in [0.717, 1.165) is 10.9 Å². The summed E-state index contributed by atoms with van der Waals surface area (Å²) in [7, 11) is 3.14. The normalized spacial score (nSPS) is 10.4. The van der Waals surface area contributed by atoms with Gasteiger partial charge in [0.05, 0.1) is 31.6 Å². The van der Waals surface area contributed by atoms with Crippen LogP contribution < -0.4 is 9.47 Å². The molecule has 5 heteroatoms. The summed E-state index contributed by atoms with van der Waals surface area (Å²) >= 11 is 0. The molecule has 0 fully saturated rings. The van der Waals surface area contributed by atoms with Gasteiger partial charge in [0.2, 0.25) is 0 Å². The Balaban J connectivity index is 2.32. The smallest absolute Gasteiger partial charge is 0.162 e. The molecule has 5 nitrogen and oxygen atoms in total. The van der Waals surface area contributed by atoms with Gasteiger partial charge in [0, 0.05) is 11.5 Å². The largest absolute Gasteiger partial charge is 0.493 e. The van der Waals surface area contributed by atoms with Crippen molar-refractivity contribution in [3.05, 3.63) is 36.1 Å². The third-order valence-electron chi connectivity index (χ3n) is 3.18. The van der Waals surface area contributed by atoms with Crippen molar-refractivity contribution in [2.75, 3.05) is 14.2 Å². The van der Waals surface area contributed by atoms with Gasteiger partial charge in [-0.3, -0.25) is 0 Å². The fourth-order valence-corrected chi connectivity index (χ4v) is 2.24. The van der Waals surface area contributed by atoms with Gasteiger partial charge in [-0.15, -0.1) is 0 Å². The van der Waals surface area contributed by atoms with E-state index < -0.39 is 0 Å². The quantitative estimate of drug-likeness (QED) is 0.791. The van der Waals surface area contributed by atoms with Crippen molar-refractivity contribution in [1.29, 1.82) is 5.26 Å². The maximum atomic E-state index is 9.41. The van der Waals surface area contributed by atoms with Gasteiger partial charge < -0.3 is 18.9 Å². The van der Waals surface area contributed by atoms with Crippen LogP contribution >= 0.6 is 0 Å². The molecule has 0 aliphatic rings. The van der Waals surface area contributed by atoms with Gasteiger partial charge in [-0.05, 0) is 18.2 Å². The Morgan fingerprint density at radius 3 is 2.55 bits per heavy atom. The number of hydrogen-bond donors (Lipinski definition) is 1. The number of ether oxygens (including phenoxy) is 2. The first-order valence-corrected chi connectivity index (χ1v) is 6.00. The molecule has 0 amide bonds. The summed E-state index contributed by atoms with van der Waals surface area (Å²) in [6, 6.07) is 9.39. The molecular weight excluding hydrogens is 256 g/mol. The zero-order chi connectivity index (χ0) is 14.1. The van der Waals surface area contributed by atoms with Crippen molar-refractivity contribution in [3.8, 4) is 29.0 Å². The molecule has 0 saturated heterocycles. The highest BCUT2D eigenvalue weighted by atomic mass is 16.5. The van der Waals surface area contributed by atoms with E-state index in [1.165, 1.54) is 0 Å². The van der Waals surface area contributed by atoms with Crippen LogP contribution in [0.15, 0.2) is 34.9 Å². The van der Waals surface area contributed by atoms with Crippen molar-refractivity contribution in [2.45, 2.75) is 0 Å². The summed E-state index contributed by atoms with van der Waals surface area (Å²) in [5.74, 6) is 1.81. The van der Waals surface area contributed by atoms with Crippen molar-refractivity contribution in [2.24, 2.45) is 0 Å². The molecule has 0 aliphatic heterocycles. The molecular formula is C15H12N2O3. The molecule has 0 atom stereocenters. The van der Waals surface area contributed by atoms with E-state index in [-0.39, 0.29) is 0 Å². The van der Waals surface area contributed by atoms with Gasteiger partial charge in [0.25, 0.3) is 0 Å². The lowest BCUT2D eigenvalue weighted by atomic mass is 10.1. The summed E-state index contributed by atoms with van der Waals surface area (Å²) in [6.45, 7) is 0. The Kier molecular flexibility index (Phi) is 2.84. The van der Waals surface area contributed by atoms with Crippen molar-refractivity contribution in [1.82, 2.24) is 4.98 Å². The number of furan rings is 1. The predicted molar refractivity (Wildman–Crippen MR) is 73.8 cm³/mol. The molecule has 0 saturated carbocycles. The van der Waals surface area contributed by atoms with E-state index in [1.807, 2.05) is 0 Å². The standard InChI is InChI=1S/C15H12N2O3/c1-18-13-6-9-10(8-16)15(12-4-3-5-20-12)17-11(9)7-14(13)19-2/h3-7,17H,1-2H3. The predicted octanol–water partition coefficient (Wildman–Crippen LogP) is 3.32. The average Bonchev–Trinajstić information content (AvgIpc) is 3.11. The number of hydrogen-bond acceptors (Lipinski definition) is 4. The second-order valence-corrected chi connectivity index (χ2v) is 4.22. The topological polar surface area (TPSA) is 71.2 Å². The Labute approximate surface area is 115 Å². The van der Waals surface area contributed by atoms with Crippen molar-refractivity contribution in [3.63, 3.8) is 0 Å². The highest BCUT2D eigenvalue weighted by molar-refractivity contribution is 5.94. The highest BCUT2D eigenvalue weighted by Crippen LogP contribution is 2.37. The summed E-state index contributed by atoms with van der Waals surface area (Å²) in [4.78, 5) is 3.19. The maximum Gasteiger partial charge on any atom is 0.162 e. The van der Waals surface area contributed by atoms with Crippen LogP contribution in [0.3, 0.4) is 0 Å². The molecule has 3 rings (SSSR count). The molecule has 0 spiro atoms. The summed E-state index contributed by atoms with van der Waals surface area (Å²) in [6.07, 6.45) is 1.57. The van der Waals surface area contributed by atoms with E-state index in [1.54, 1.807) is 44.7 Å². The average molecular weight is 268 g/mol. The van der Waals surface area contributed by atoms with Crippen LogP contribution in [0.1, 0.15) is 5.56 Å². The van der Waals surface area contributed by atoms with Gasteiger partial charge in [-0.25, -0.2) is 0 Å². The molecule has 2 aromatic heterocycles. The van der Waals surface area contributed by atoms with Crippen LogP contribution in [0.2, 0.25) is 0 Å². The second kappa shape index (κ2) is 4.67. The third kappa shape index (κ3) is 1.70. The Morgan fingerprint density at radius 1 is 1.20 bits per heavy atom. The number of fused-ring (bicyclic) bond motifs is 1. The number of methoxy groups -OCH3 is 2. The fourth-order valence-electron chi connectivity index (χ4n) is 2.24. The second-order valence-electron chi connectivity index (χ2n) is 4.22. The third-order valence-corrected chi connectivity index (χ3v) is 3.18. The van der Waals surface area contributed by atoms with Gasteiger partial charge in [0.1, 0.15) is 11.8 Å². The summed E-state index contributed by atoms with van der Waals surface area (Å²) in [5, 5.41) is 10.2. The molecule has 2 heterocycles. The molecule has 100 valence electrons. The minimum atomic E-state index is 0.524. The summed E-state index contributed by atoms with van der Waals surface area (Å²) in [5.41, 5.74) is 1.98. The van der Waals surface area contributed by atoms with Crippen LogP contribution in [0.25, 0.3) is 22.4 Å². The number of H-pyrrole nitrogens is 1. The number of benzene rings is 1. The Morgan fingerprint density at radius 2 is 1.95 bits per heavy atom. The van der Waals surface area contributed by atoms with Crippen LogP contribution in [-0.4, -0.2) is 19.2 Å². The van der Waals surface area contributed by atoms with Gasteiger partial charge in [-0.1, -0.05) is 0 Å². The maximum absolute atomic E-state index is 9.41. The number of aromatic nitrogens is 1. The first kappa shape index (κ1) is 12.2. The molecule has 0 bridgehead atoms. The van der Waals surface area contributed by atoms with E-state index in [9.17, 15) is 5.26 Å². The molecule has 1 aromatic carbocycles. The number of rotatable bonds is 3. The SMILES string of the molecule is COc1cc2[nH]c(-c3ccco3)c(C#N)c2cc1OC. The van der Waals surface area contributed by atoms with Crippen molar-refractivity contribution < 1.29 is 13.9 Å². The molecule has 0 unspecified atom stereocenters. The highest BCUT2D eigenvalue weighted by Gasteiger charge is 2.17. The number of aromatic amines is 1. The monoisotopic (exact) mass is 268 g/mol. The molecule has 0 aliphatic carbocycles. The van der Waals surface area contributed by atoms with E-state index >= 15 is 0 Å². The van der Waals surface area contributed by atoms with Crippen molar-refractivity contribution >= 4 is 10.9 Å². The van der Waals surface area contributed by atoms with Crippen LogP contribution in [0, 0.1) is 11.3 Å². The first-order chi connectivity index (χ1) is 9.78. The zero-order valence-corrected chi connectivity index (χ0v) is 11.1. The molecule has 20 heavy (non-hydrogen) atoms. The van der Waals surface area contributed by atoms with Crippen LogP contribution in [0.5, 0.6) is 11.5 Å². The number of nitriles is 1. The van der Waals surface area contributed by atoms with Crippen LogP contribution in [-0.2, 0) is 0 Å².